The van der Waals surface area contributed by atoms with E-state index in [0.717, 1.165) is 10.8 Å². The fourth-order valence-corrected chi connectivity index (χ4v) is 3.87. The van der Waals surface area contributed by atoms with E-state index in [1.165, 1.54) is 36.3 Å². The van der Waals surface area contributed by atoms with Crippen LogP contribution in [0.3, 0.4) is 0 Å². The van der Waals surface area contributed by atoms with Gasteiger partial charge in [0.2, 0.25) is 0 Å². The first-order valence-corrected chi connectivity index (χ1v) is 9.54. The maximum Gasteiger partial charge on any atom is 0.295 e. The molecule has 0 radical (unpaired) electrons. The number of fused-ring (bicyclic) bond motifs is 1. The van der Waals surface area contributed by atoms with Gasteiger partial charge in [-0.1, -0.05) is 54.6 Å². The van der Waals surface area contributed by atoms with E-state index in [1.54, 1.807) is 12.1 Å². The summed E-state index contributed by atoms with van der Waals surface area (Å²) in [7, 11) is 1.50. The summed E-state index contributed by atoms with van der Waals surface area (Å²) in [6.45, 7) is 0.383. The van der Waals surface area contributed by atoms with E-state index in [4.69, 9.17) is 4.74 Å². The summed E-state index contributed by atoms with van der Waals surface area (Å²) in [4.78, 5) is 27.1. The predicted octanol–water partition coefficient (Wildman–Crippen LogP) is 4.05. The van der Waals surface area contributed by atoms with Crippen LogP contribution < -0.4 is 0 Å². The highest BCUT2D eigenvalue weighted by Gasteiger charge is 2.46. The molecule has 0 aliphatic carbocycles. The second-order valence-electron chi connectivity index (χ2n) is 7.06. The molecular weight excluding hydrogens is 385 g/mol. The van der Waals surface area contributed by atoms with Crippen LogP contribution in [0, 0.1) is 5.82 Å². The summed E-state index contributed by atoms with van der Waals surface area (Å²) < 4.78 is 18.6. The second-order valence-corrected chi connectivity index (χ2v) is 7.06. The normalized spacial score (nSPS) is 18.3. The van der Waals surface area contributed by atoms with Crippen molar-refractivity contribution in [3.63, 3.8) is 0 Å². The second kappa shape index (κ2) is 8.08. The summed E-state index contributed by atoms with van der Waals surface area (Å²) in [5.74, 6) is -2.17. The first-order chi connectivity index (χ1) is 14.5. The minimum Gasteiger partial charge on any atom is -0.507 e. The Kier molecular flexibility index (Phi) is 5.33. The number of nitrogens with zero attached hydrogens (tertiary/aromatic N) is 1. The van der Waals surface area contributed by atoms with Crippen molar-refractivity contribution >= 4 is 28.2 Å². The number of Topliss-reactive ketones (excluding diaryl/α,β-unsaturated/α-hetero) is 1. The Morgan fingerprint density at radius 1 is 1.03 bits per heavy atom. The van der Waals surface area contributed by atoms with Crippen molar-refractivity contribution in [2.45, 2.75) is 6.04 Å². The monoisotopic (exact) mass is 405 g/mol. The molecule has 0 spiro atoms. The number of likely N-dealkylation sites (tertiary alicyclic amines) is 1. The average molecular weight is 405 g/mol. The lowest BCUT2D eigenvalue weighted by molar-refractivity contribution is -0.140. The number of ether oxygens (including phenoxy) is 1. The lowest BCUT2D eigenvalue weighted by Gasteiger charge is -2.25. The topological polar surface area (TPSA) is 66.8 Å². The molecule has 1 aliphatic rings. The molecule has 30 heavy (non-hydrogen) atoms. The Labute approximate surface area is 173 Å². The maximum absolute atomic E-state index is 13.5. The van der Waals surface area contributed by atoms with E-state index < -0.39 is 23.5 Å². The summed E-state index contributed by atoms with van der Waals surface area (Å²) in [5, 5.41) is 12.9. The van der Waals surface area contributed by atoms with Crippen LogP contribution in [0.15, 0.2) is 72.3 Å². The molecule has 3 aromatic carbocycles. The molecule has 1 fully saturated rings. The van der Waals surface area contributed by atoms with Crippen LogP contribution in [-0.4, -0.2) is 42.0 Å². The summed E-state index contributed by atoms with van der Waals surface area (Å²) in [6.07, 6.45) is 0. The summed E-state index contributed by atoms with van der Waals surface area (Å²) >= 11 is 0. The molecule has 1 N–H and O–H groups in total. The van der Waals surface area contributed by atoms with Crippen molar-refractivity contribution in [1.29, 1.82) is 0 Å². The lowest BCUT2D eigenvalue weighted by atomic mass is 9.93. The Bertz CT molecular complexity index is 1150. The largest absolute Gasteiger partial charge is 0.507 e. The first kappa shape index (κ1) is 19.8. The van der Waals surface area contributed by atoms with Gasteiger partial charge in [-0.25, -0.2) is 4.39 Å². The molecule has 4 rings (SSSR count). The minimum atomic E-state index is -0.834. The predicted molar refractivity (Wildman–Crippen MR) is 111 cm³/mol. The van der Waals surface area contributed by atoms with Crippen LogP contribution in [0.1, 0.15) is 17.2 Å². The zero-order valence-corrected chi connectivity index (χ0v) is 16.3. The van der Waals surface area contributed by atoms with Gasteiger partial charge in [0.25, 0.3) is 11.7 Å². The lowest BCUT2D eigenvalue weighted by Crippen LogP contribution is -2.32. The van der Waals surface area contributed by atoms with E-state index in [9.17, 15) is 19.1 Å². The first-order valence-electron chi connectivity index (χ1n) is 9.54. The number of carbonyl (C=O) groups is 2. The number of hydrogen-bond acceptors (Lipinski definition) is 4. The minimum absolute atomic E-state index is 0.0148. The molecular formula is C24H20FNO4. The zero-order valence-electron chi connectivity index (χ0n) is 16.3. The highest BCUT2D eigenvalue weighted by molar-refractivity contribution is 6.46. The van der Waals surface area contributed by atoms with Crippen LogP contribution in [-0.2, 0) is 14.3 Å². The van der Waals surface area contributed by atoms with Gasteiger partial charge in [-0.2, -0.15) is 0 Å². The molecule has 1 unspecified atom stereocenters. The van der Waals surface area contributed by atoms with Gasteiger partial charge in [0, 0.05) is 19.2 Å². The van der Waals surface area contributed by atoms with Crippen molar-refractivity contribution < 1.29 is 23.8 Å². The van der Waals surface area contributed by atoms with E-state index in [-0.39, 0.29) is 24.5 Å². The molecule has 3 aromatic rings. The van der Waals surface area contributed by atoms with Gasteiger partial charge >= 0.3 is 0 Å². The Morgan fingerprint density at radius 2 is 1.73 bits per heavy atom. The molecule has 0 aromatic heterocycles. The molecule has 1 atom stereocenters. The third-order valence-corrected chi connectivity index (χ3v) is 5.31. The number of halogens is 1. The number of methoxy groups -OCH3 is 1. The van der Waals surface area contributed by atoms with Crippen molar-refractivity contribution in [3.05, 3.63) is 89.2 Å². The summed E-state index contributed by atoms with van der Waals surface area (Å²) in [5.41, 5.74) is 0.984. The van der Waals surface area contributed by atoms with Crippen molar-refractivity contribution in [3.8, 4) is 0 Å². The Morgan fingerprint density at radius 3 is 2.47 bits per heavy atom. The summed E-state index contributed by atoms with van der Waals surface area (Å²) in [6, 6.07) is 17.6. The van der Waals surface area contributed by atoms with Crippen molar-refractivity contribution in [1.82, 2.24) is 4.90 Å². The van der Waals surface area contributed by atoms with E-state index in [2.05, 4.69) is 0 Å². The maximum atomic E-state index is 13.5. The molecule has 0 bridgehead atoms. The smallest absolute Gasteiger partial charge is 0.295 e. The third-order valence-electron chi connectivity index (χ3n) is 5.31. The highest BCUT2D eigenvalue weighted by atomic mass is 19.1. The molecule has 152 valence electrons. The third kappa shape index (κ3) is 3.35. The molecule has 1 saturated heterocycles. The average Bonchev–Trinajstić information content (AvgIpc) is 3.02. The molecule has 1 aliphatic heterocycles. The van der Waals surface area contributed by atoms with Crippen LogP contribution in [0.4, 0.5) is 4.39 Å². The number of rotatable bonds is 5. The van der Waals surface area contributed by atoms with E-state index >= 15 is 0 Å². The number of hydrogen-bond donors (Lipinski definition) is 1. The highest BCUT2D eigenvalue weighted by Crippen LogP contribution is 2.40. The van der Waals surface area contributed by atoms with Gasteiger partial charge in [-0.3, -0.25) is 9.59 Å². The molecule has 0 saturated carbocycles. The van der Waals surface area contributed by atoms with Gasteiger partial charge < -0.3 is 14.7 Å². The number of aliphatic hydroxyl groups excluding tert-OH is 1. The number of amides is 1. The number of aliphatic hydroxyl groups is 1. The number of carbonyl (C=O) groups excluding carboxylic acids is 2. The van der Waals surface area contributed by atoms with Crippen LogP contribution in [0.5, 0.6) is 0 Å². The van der Waals surface area contributed by atoms with Crippen LogP contribution in [0.25, 0.3) is 16.5 Å². The van der Waals surface area contributed by atoms with Gasteiger partial charge in [0.05, 0.1) is 18.2 Å². The van der Waals surface area contributed by atoms with Crippen LogP contribution >= 0.6 is 0 Å². The van der Waals surface area contributed by atoms with E-state index in [0.29, 0.717) is 11.1 Å². The molecule has 1 heterocycles. The quantitative estimate of drug-likeness (QED) is 0.395. The SMILES string of the molecule is COCCN1C(=O)C(=O)/C(=C(\O)c2cccc3ccccc23)C1c1ccc(F)cc1. The Hall–Kier alpha value is -3.51. The zero-order chi connectivity index (χ0) is 21.3. The van der Waals surface area contributed by atoms with Crippen molar-refractivity contribution in [2.24, 2.45) is 0 Å². The fourth-order valence-electron chi connectivity index (χ4n) is 3.87. The van der Waals surface area contributed by atoms with E-state index in [1.807, 2.05) is 30.3 Å². The molecule has 5 nitrogen and oxygen atoms in total. The Balaban J connectivity index is 1.93. The van der Waals surface area contributed by atoms with Gasteiger partial charge in [0.1, 0.15) is 11.6 Å². The number of ketones is 1. The van der Waals surface area contributed by atoms with Crippen molar-refractivity contribution in [2.75, 3.05) is 20.3 Å². The molecule has 6 heteroatoms. The van der Waals surface area contributed by atoms with Crippen LogP contribution in [0.2, 0.25) is 0 Å². The fraction of sp³-hybridized carbons (Fsp3) is 0.167. The van der Waals surface area contributed by atoms with Gasteiger partial charge in [-0.15, -0.1) is 0 Å². The standard InChI is InChI=1S/C24H20FNO4/c1-30-14-13-26-21(16-9-11-17(25)12-10-16)20(23(28)24(26)29)22(27)19-8-4-6-15-5-2-3-7-18(15)19/h2-12,21,27H,13-14H2,1H3/b22-20-. The molecule has 1 amide bonds. The van der Waals surface area contributed by atoms with Gasteiger partial charge in [-0.05, 0) is 28.5 Å². The van der Waals surface area contributed by atoms with Gasteiger partial charge in [0.15, 0.2) is 0 Å². The number of benzene rings is 3.